The summed E-state index contributed by atoms with van der Waals surface area (Å²) in [5, 5.41) is 3.54. The molecule has 1 fully saturated rings. The maximum Gasteiger partial charge on any atom is 0.140 e. The Bertz CT molecular complexity index is 357. The van der Waals surface area contributed by atoms with Crippen molar-refractivity contribution in [1.29, 1.82) is 0 Å². The lowest BCUT2D eigenvalue weighted by Gasteiger charge is -2.27. The minimum absolute atomic E-state index is 0.600. The van der Waals surface area contributed by atoms with Gasteiger partial charge in [0.05, 0.1) is 4.47 Å². The molecule has 3 heteroatoms. The number of anilines is 1. The summed E-state index contributed by atoms with van der Waals surface area (Å²) in [6, 6.07) is 2.71. The molecule has 0 aliphatic heterocycles. The number of hydrogen-bond donors (Lipinski definition) is 1. The standard InChI is InChI=1S/C13H19BrN2/c1-9-3-5-11(6-4-9)16-13-12(14)7-10(2)8-15-13/h7-9,11H,3-6H2,1-2H3,(H,15,16). The summed E-state index contributed by atoms with van der Waals surface area (Å²) in [5.41, 5.74) is 1.19. The Morgan fingerprint density at radius 2 is 2.00 bits per heavy atom. The smallest absolute Gasteiger partial charge is 0.140 e. The van der Waals surface area contributed by atoms with Crippen LogP contribution in [0.1, 0.15) is 38.2 Å². The highest BCUT2D eigenvalue weighted by atomic mass is 79.9. The number of nitrogens with one attached hydrogen (secondary N) is 1. The Labute approximate surface area is 106 Å². The quantitative estimate of drug-likeness (QED) is 0.882. The zero-order chi connectivity index (χ0) is 11.5. The second-order valence-electron chi connectivity index (χ2n) is 4.94. The van der Waals surface area contributed by atoms with Crippen molar-refractivity contribution >= 4 is 21.7 Å². The fraction of sp³-hybridized carbons (Fsp3) is 0.615. The molecule has 16 heavy (non-hydrogen) atoms. The minimum Gasteiger partial charge on any atom is -0.366 e. The first-order valence-corrected chi connectivity index (χ1v) is 6.83. The fourth-order valence-electron chi connectivity index (χ4n) is 2.24. The summed E-state index contributed by atoms with van der Waals surface area (Å²) in [6.07, 6.45) is 7.12. The average molecular weight is 283 g/mol. The van der Waals surface area contributed by atoms with Crippen molar-refractivity contribution in [2.24, 2.45) is 5.92 Å². The molecule has 0 bridgehead atoms. The van der Waals surface area contributed by atoms with Crippen LogP contribution >= 0.6 is 15.9 Å². The highest BCUT2D eigenvalue weighted by molar-refractivity contribution is 9.10. The van der Waals surface area contributed by atoms with Crippen molar-refractivity contribution in [2.75, 3.05) is 5.32 Å². The van der Waals surface area contributed by atoms with Gasteiger partial charge in [0.25, 0.3) is 0 Å². The van der Waals surface area contributed by atoms with Crippen molar-refractivity contribution in [2.45, 2.75) is 45.6 Å². The zero-order valence-corrected chi connectivity index (χ0v) is 11.5. The Morgan fingerprint density at radius 1 is 1.31 bits per heavy atom. The lowest BCUT2D eigenvalue weighted by atomic mass is 9.87. The van der Waals surface area contributed by atoms with E-state index in [1.165, 1.54) is 31.2 Å². The van der Waals surface area contributed by atoms with Gasteiger partial charge in [-0.05, 0) is 66.1 Å². The lowest BCUT2D eigenvalue weighted by molar-refractivity contribution is 0.360. The Balaban J connectivity index is 1.98. The van der Waals surface area contributed by atoms with Crippen LogP contribution in [0.5, 0.6) is 0 Å². The highest BCUT2D eigenvalue weighted by Gasteiger charge is 2.18. The van der Waals surface area contributed by atoms with Crippen molar-refractivity contribution in [3.8, 4) is 0 Å². The summed E-state index contributed by atoms with van der Waals surface area (Å²) >= 11 is 3.56. The predicted molar refractivity (Wildman–Crippen MR) is 71.7 cm³/mol. The van der Waals surface area contributed by atoms with Crippen LogP contribution in [-0.2, 0) is 0 Å². The molecular formula is C13H19BrN2. The van der Waals surface area contributed by atoms with E-state index in [-0.39, 0.29) is 0 Å². The van der Waals surface area contributed by atoms with Gasteiger partial charge < -0.3 is 5.32 Å². The summed E-state index contributed by atoms with van der Waals surface area (Å²) in [7, 11) is 0. The maximum absolute atomic E-state index is 4.43. The largest absolute Gasteiger partial charge is 0.366 e. The number of hydrogen-bond acceptors (Lipinski definition) is 2. The van der Waals surface area contributed by atoms with Gasteiger partial charge in [-0.15, -0.1) is 0 Å². The average Bonchev–Trinajstić information content (AvgIpc) is 2.25. The number of aromatic nitrogens is 1. The van der Waals surface area contributed by atoms with E-state index < -0.39 is 0 Å². The molecule has 0 amide bonds. The lowest BCUT2D eigenvalue weighted by Crippen LogP contribution is -2.25. The van der Waals surface area contributed by atoms with E-state index in [4.69, 9.17) is 0 Å². The second kappa shape index (κ2) is 5.17. The molecule has 1 aliphatic rings. The first kappa shape index (κ1) is 11.9. The van der Waals surface area contributed by atoms with E-state index >= 15 is 0 Å². The van der Waals surface area contributed by atoms with E-state index in [1.807, 2.05) is 6.20 Å². The van der Waals surface area contributed by atoms with Crippen molar-refractivity contribution in [1.82, 2.24) is 4.98 Å². The van der Waals surface area contributed by atoms with Crippen LogP contribution in [0.4, 0.5) is 5.82 Å². The van der Waals surface area contributed by atoms with Gasteiger partial charge >= 0.3 is 0 Å². The summed E-state index contributed by atoms with van der Waals surface area (Å²) in [4.78, 5) is 4.43. The molecule has 0 aromatic carbocycles. The van der Waals surface area contributed by atoms with Gasteiger partial charge in [-0.25, -0.2) is 4.98 Å². The normalized spacial score (nSPS) is 25.4. The molecule has 1 aromatic heterocycles. The molecule has 0 radical (unpaired) electrons. The van der Waals surface area contributed by atoms with Gasteiger partial charge in [0.15, 0.2) is 0 Å². The van der Waals surface area contributed by atoms with Crippen LogP contribution in [0, 0.1) is 12.8 Å². The molecule has 0 unspecified atom stereocenters. The molecule has 1 N–H and O–H groups in total. The second-order valence-corrected chi connectivity index (χ2v) is 5.80. The number of halogens is 1. The van der Waals surface area contributed by atoms with Crippen LogP contribution in [0.3, 0.4) is 0 Å². The van der Waals surface area contributed by atoms with Crippen molar-refractivity contribution < 1.29 is 0 Å². The van der Waals surface area contributed by atoms with Gasteiger partial charge in [0.1, 0.15) is 5.82 Å². The number of pyridine rings is 1. The first-order valence-electron chi connectivity index (χ1n) is 6.04. The van der Waals surface area contributed by atoms with Crippen molar-refractivity contribution in [3.05, 3.63) is 22.3 Å². The van der Waals surface area contributed by atoms with Crippen molar-refractivity contribution in [3.63, 3.8) is 0 Å². The number of rotatable bonds is 2. The third-order valence-electron chi connectivity index (χ3n) is 3.33. The number of aryl methyl sites for hydroxylation is 1. The SMILES string of the molecule is Cc1cnc(NC2CCC(C)CC2)c(Br)c1. The van der Waals surface area contributed by atoms with E-state index in [0.717, 1.165) is 16.2 Å². The predicted octanol–water partition coefficient (Wildman–Crippen LogP) is 4.14. The molecule has 0 spiro atoms. The molecule has 2 nitrogen and oxygen atoms in total. The zero-order valence-electron chi connectivity index (χ0n) is 9.96. The third-order valence-corrected chi connectivity index (χ3v) is 3.94. The van der Waals surface area contributed by atoms with Crippen LogP contribution in [0.2, 0.25) is 0 Å². The van der Waals surface area contributed by atoms with Gasteiger partial charge in [-0.2, -0.15) is 0 Å². The number of nitrogens with zero attached hydrogens (tertiary/aromatic N) is 1. The van der Waals surface area contributed by atoms with E-state index in [9.17, 15) is 0 Å². The molecule has 88 valence electrons. The van der Waals surface area contributed by atoms with E-state index in [2.05, 4.69) is 46.1 Å². The molecule has 0 saturated heterocycles. The first-order chi connectivity index (χ1) is 7.65. The van der Waals surface area contributed by atoms with Gasteiger partial charge in [0, 0.05) is 12.2 Å². The monoisotopic (exact) mass is 282 g/mol. The molecule has 2 rings (SSSR count). The van der Waals surface area contributed by atoms with Crippen LogP contribution in [0.15, 0.2) is 16.7 Å². The summed E-state index contributed by atoms with van der Waals surface area (Å²) in [5.74, 6) is 1.89. The molecule has 1 heterocycles. The van der Waals surface area contributed by atoms with Gasteiger partial charge in [-0.1, -0.05) is 6.92 Å². The minimum atomic E-state index is 0.600. The fourth-order valence-corrected chi connectivity index (χ4v) is 2.82. The molecule has 1 saturated carbocycles. The van der Waals surface area contributed by atoms with E-state index in [0.29, 0.717) is 6.04 Å². The van der Waals surface area contributed by atoms with Crippen LogP contribution in [0.25, 0.3) is 0 Å². The van der Waals surface area contributed by atoms with Crippen LogP contribution < -0.4 is 5.32 Å². The van der Waals surface area contributed by atoms with Gasteiger partial charge in [-0.3, -0.25) is 0 Å². The summed E-state index contributed by atoms with van der Waals surface area (Å²) in [6.45, 7) is 4.40. The molecular weight excluding hydrogens is 264 g/mol. The molecule has 1 aliphatic carbocycles. The topological polar surface area (TPSA) is 24.9 Å². The molecule has 1 aromatic rings. The van der Waals surface area contributed by atoms with E-state index in [1.54, 1.807) is 0 Å². The third kappa shape index (κ3) is 2.97. The van der Waals surface area contributed by atoms with Gasteiger partial charge in [0.2, 0.25) is 0 Å². The Hall–Kier alpha value is -0.570. The molecule has 0 atom stereocenters. The van der Waals surface area contributed by atoms with Crippen LogP contribution in [-0.4, -0.2) is 11.0 Å². The highest BCUT2D eigenvalue weighted by Crippen LogP contribution is 2.28. The maximum atomic E-state index is 4.43. The summed E-state index contributed by atoms with van der Waals surface area (Å²) < 4.78 is 1.08. The Kier molecular flexibility index (Phi) is 3.85. The Morgan fingerprint density at radius 3 is 2.62 bits per heavy atom.